The van der Waals surface area contributed by atoms with Crippen molar-refractivity contribution in [1.29, 1.82) is 0 Å². The minimum absolute atomic E-state index is 0. The zero-order valence-corrected chi connectivity index (χ0v) is 14.1. The Balaban J connectivity index is 0.00000176. The number of nitrogens with one attached hydrogen (secondary N) is 1. The molecule has 1 aromatic heterocycles. The average Bonchev–Trinajstić information content (AvgIpc) is 2.77. The maximum absolute atomic E-state index is 12.9. The van der Waals surface area contributed by atoms with Gasteiger partial charge in [-0.1, -0.05) is 6.07 Å². The molecule has 1 fully saturated rings. The predicted molar refractivity (Wildman–Crippen MR) is 90.0 cm³/mol. The van der Waals surface area contributed by atoms with Crippen LogP contribution in [0.5, 0.6) is 0 Å². The van der Waals surface area contributed by atoms with Crippen molar-refractivity contribution in [3.63, 3.8) is 0 Å². The van der Waals surface area contributed by atoms with Crippen molar-refractivity contribution in [3.8, 4) is 0 Å². The first kappa shape index (κ1) is 17.1. The third kappa shape index (κ3) is 3.10. The largest absolute Gasteiger partial charge is 0.315 e. The van der Waals surface area contributed by atoms with Gasteiger partial charge in [0.15, 0.2) is 0 Å². The Morgan fingerprint density at radius 3 is 2.82 bits per heavy atom. The first-order valence-corrected chi connectivity index (χ1v) is 8.60. The van der Waals surface area contributed by atoms with Gasteiger partial charge in [0.05, 0.1) is 10.4 Å². The van der Waals surface area contributed by atoms with Gasteiger partial charge >= 0.3 is 0 Å². The second-order valence-corrected chi connectivity index (χ2v) is 7.19. The van der Waals surface area contributed by atoms with E-state index in [0.29, 0.717) is 29.9 Å². The molecule has 1 aliphatic heterocycles. The van der Waals surface area contributed by atoms with E-state index in [1.807, 2.05) is 19.1 Å². The predicted octanol–water partition coefficient (Wildman–Crippen LogP) is 1.95. The lowest BCUT2D eigenvalue weighted by Gasteiger charge is -2.20. The fraction of sp³-hybridized carbons (Fsp3) is 0.400. The molecule has 0 spiro atoms. The lowest BCUT2D eigenvalue weighted by molar-refractivity contribution is 0.432. The number of halogens is 1. The lowest BCUT2D eigenvalue weighted by Crippen LogP contribution is -2.34. The highest BCUT2D eigenvalue weighted by Crippen LogP contribution is 2.27. The molecule has 2 aromatic rings. The number of sulfonamides is 1. The van der Waals surface area contributed by atoms with Crippen LogP contribution in [0.2, 0.25) is 0 Å². The summed E-state index contributed by atoms with van der Waals surface area (Å²) in [6.07, 6.45) is 2.53. The summed E-state index contributed by atoms with van der Waals surface area (Å²) >= 11 is 0. The van der Waals surface area contributed by atoms with Crippen molar-refractivity contribution in [2.45, 2.75) is 18.2 Å². The second-order valence-electron chi connectivity index (χ2n) is 5.29. The minimum Gasteiger partial charge on any atom is -0.315 e. The smallest absolute Gasteiger partial charge is 0.243 e. The molecule has 5 nitrogen and oxygen atoms in total. The molecule has 22 heavy (non-hydrogen) atoms. The van der Waals surface area contributed by atoms with Crippen LogP contribution in [0.3, 0.4) is 0 Å². The molecule has 3 rings (SSSR count). The van der Waals surface area contributed by atoms with Crippen LogP contribution in [0.1, 0.15) is 12.0 Å². The van der Waals surface area contributed by atoms with Crippen molar-refractivity contribution in [2.24, 2.45) is 0 Å². The van der Waals surface area contributed by atoms with Crippen LogP contribution in [0.25, 0.3) is 10.9 Å². The van der Waals surface area contributed by atoms with Crippen LogP contribution < -0.4 is 5.32 Å². The molecule has 1 saturated heterocycles. The van der Waals surface area contributed by atoms with Crippen LogP contribution in [0.4, 0.5) is 0 Å². The molecule has 1 aromatic carbocycles. The Morgan fingerprint density at radius 2 is 2.00 bits per heavy atom. The van der Waals surface area contributed by atoms with E-state index < -0.39 is 10.0 Å². The number of fused-ring (bicyclic) bond motifs is 1. The summed E-state index contributed by atoms with van der Waals surface area (Å²) in [7, 11) is -3.48. The molecule has 0 amide bonds. The Kier molecular flexibility index (Phi) is 5.39. The fourth-order valence-electron chi connectivity index (χ4n) is 2.71. The van der Waals surface area contributed by atoms with Gasteiger partial charge in [0.25, 0.3) is 0 Å². The van der Waals surface area contributed by atoms with Crippen LogP contribution >= 0.6 is 12.4 Å². The molecule has 1 N–H and O–H groups in total. The van der Waals surface area contributed by atoms with E-state index in [1.54, 1.807) is 22.6 Å². The Hall–Kier alpha value is -1.21. The van der Waals surface area contributed by atoms with Crippen LogP contribution in [0.15, 0.2) is 35.4 Å². The van der Waals surface area contributed by atoms with Crippen LogP contribution in [-0.4, -0.2) is 43.9 Å². The molecule has 0 bridgehead atoms. The van der Waals surface area contributed by atoms with E-state index in [9.17, 15) is 8.42 Å². The van der Waals surface area contributed by atoms with Gasteiger partial charge in [0.1, 0.15) is 0 Å². The van der Waals surface area contributed by atoms with Gasteiger partial charge in [-0.25, -0.2) is 8.42 Å². The zero-order chi connectivity index (χ0) is 14.9. The first-order valence-electron chi connectivity index (χ1n) is 7.16. The standard InChI is InChI=1S/C15H19N3O2S.ClH/c1-12-5-6-14(13-4-2-8-17-15(12)13)21(19,20)18-10-3-7-16-9-11-18;/h2,4-6,8,16H,3,7,9-11H2,1H3;1H. The summed E-state index contributed by atoms with van der Waals surface area (Å²) in [6, 6.07) is 7.15. The Labute approximate surface area is 137 Å². The van der Waals surface area contributed by atoms with Crippen molar-refractivity contribution in [1.82, 2.24) is 14.6 Å². The van der Waals surface area contributed by atoms with Gasteiger partial charge in [-0.3, -0.25) is 4.98 Å². The van der Waals surface area contributed by atoms with Crippen LogP contribution in [0, 0.1) is 6.92 Å². The van der Waals surface area contributed by atoms with E-state index in [2.05, 4.69) is 10.3 Å². The third-order valence-corrected chi connectivity index (χ3v) is 5.81. The van der Waals surface area contributed by atoms with Gasteiger partial charge in [-0.2, -0.15) is 4.31 Å². The molecular formula is C15H20ClN3O2S. The Bertz CT molecular complexity index is 756. The quantitative estimate of drug-likeness (QED) is 0.907. The molecule has 0 aliphatic carbocycles. The maximum Gasteiger partial charge on any atom is 0.243 e. The normalized spacial score (nSPS) is 17.0. The lowest BCUT2D eigenvalue weighted by atomic mass is 10.1. The van der Waals surface area contributed by atoms with Crippen LogP contribution in [-0.2, 0) is 10.0 Å². The summed E-state index contributed by atoms with van der Waals surface area (Å²) < 4.78 is 27.4. The summed E-state index contributed by atoms with van der Waals surface area (Å²) in [5, 5.41) is 3.93. The number of pyridine rings is 1. The van der Waals surface area contributed by atoms with Crippen molar-refractivity contribution in [2.75, 3.05) is 26.2 Å². The molecule has 0 unspecified atom stereocenters. The topological polar surface area (TPSA) is 62.3 Å². The van der Waals surface area contributed by atoms with E-state index >= 15 is 0 Å². The van der Waals surface area contributed by atoms with Gasteiger partial charge in [0, 0.05) is 31.2 Å². The molecule has 0 saturated carbocycles. The number of hydrogen-bond acceptors (Lipinski definition) is 4. The van der Waals surface area contributed by atoms with E-state index in [1.165, 1.54) is 0 Å². The van der Waals surface area contributed by atoms with E-state index in [-0.39, 0.29) is 12.4 Å². The van der Waals surface area contributed by atoms with E-state index in [0.717, 1.165) is 24.0 Å². The number of aromatic nitrogens is 1. The van der Waals surface area contributed by atoms with Crippen molar-refractivity contribution in [3.05, 3.63) is 36.0 Å². The molecule has 0 radical (unpaired) electrons. The molecular weight excluding hydrogens is 322 g/mol. The Morgan fingerprint density at radius 1 is 1.18 bits per heavy atom. The molecule has 1 aliphatic rings. The summed E-state index contributed by atoms with van der Waals surface area (Å²) in [4.78, 5) is 4.68. The summed E-state index contributed by atoms with van der Waals surface area (Å²) in [5.41, 5.74) is 1.74. The minimum atomic E-state index is -3.48. The summed E-state index contributed by atoms with van der Waals surface area (Å²) in [6.45, 7) is 4.58. The highest BCUT2D eigenvalue weighted by Gasteiger charge is 2.27. The molecule has 7 heteroatoms. The first-order chi connectivity index (χ1) is 10.1. The third-order valence-electron chi connectivity index (χ3n) is 3.85. The van der Waals surface area contributed by atoms with Crippen molar-refractivity contribution < 1.29 is 8.42 Å². The number of benzene rings is 1. The fourth-order valence-corrected chi connectivity index (χ4v) is 4.38. The van der Waals surface area contributed by atoms with E-state index in [4.69, 9.17) is 0 Å². The van der Waals surface area contributed by atoms with Gasteiger partial charge < -0.3 is 5.32 Å². The van der Waals surface area contributed by atoms with Gasteiger partial charge in [-0.15, -0.1) is 12.4 Å². The summed E-state index contributed by atoms with van der Waals surface area (Å²) in [5.74, 6) is 0. The van der Waals surface area contributed by atoms with Gasteiger partial charge in [-0.05, 0) is 43.7 Å². The second kappa shape index (κ2) is 6.91. The number of aryl methyl sites for hydroxylation is 1. The number of nitrogens with zero attached hydrogens (tertiary/aromatic N) is 2. The van der Waals surface area contributed by atoms with Gasteiger partial charge in [0.2, 0.25) is 10.0 Å². The SMILES string of the molecule is Cc1ccc(S(=O)(=O)N2CCCNCC2)c2cccnc12.Cl. The zero-order valence-electron chi connectivity index (χ0n) is 12.4. The average molecular weight is 342 g/mol. The number of hydrogen-bond donors (Lipinski definition) is 1. The van der Waals surface area contributed by atoms with Crippen molar-refractivity contribution >= 4 is 33.3 Å². The molecule has 0 atom stereocenters. The molecule has 2 heterocycles. The highest BCUT2D eigenvalue weighted by molar-refractivity contribution is 7.89. The monoisotopic (exact) mass is 341 g/mol. The molecule has 120 valence electrons. The maximum atomic E-state index is 12.9. The highest BCUT2D eigenvalue weighted by atomic mass is 35.5. The number of rotatable bonds is 2.